The molecule has 0 fully saturated rings. The number of rotatable bonds is 7. The third-order valence-electron chi connectivity index (χ3n) is 3.89. The van der Waals surface area contributed by atoms with Gasteiger partial charge in [0.05, 0.1) is 6.54 Å². The number of aryl methyl sites for hydroxylation is 2. The molecule has 0 aromatic heterocycles. The minimum atomic E-state index is 0. The van der Waals surface area contributed by atoms with Crippen LogP contribution in [-0.4, -0.2) is 43.6 Å². The average Bonchev–Trinajstić information content (AvgIpc) is 2.45. The molecule has 0 radical (unpaired) electrons. The monoisotopic (exact) mass is 432 g/mol. The fourth-order valence-electron chi connectivity index (χ4n) is 2.14. The van der Waals surface area contributed by atoms with E-state index in [4.69, 9.17) is 4.99 Å². The van der Waals surface area contributed by atoms with E-state index in [0.29, 0.717) is 12.6 Å². The normalized spacial score (nSPS) is 11.6. The topological polar surface area (TPSA) is 39.7 Å². The van der Waals surface area contributed by atoms with Gasteiger partial charge in [0.2, 0.25) is 0 Å². The highest BCUT2D eigenvalue weighted by Gasteiger charge is 2.04. The highest BCUT2D eigenvalue weighted by atomic mass is 127. The number of likely N-dealkylation sites (N-methyl/N-ethyl adjacent to an activating group) is 1. The van der Waals surface area contributed by atoms with E-state index >= 15 is 0 Å². The van der Waals surface area contributed by atoms with E-state index in [1.165, 1.54) is 16.7 Å². The molecule has 0 atom stereocenters. The van der Waals surface area contributed by atoms with Crippen molar-refractivity contribution >= 4 is 29.9 Å². The molecular weight excluding hydrogens is 399 g/mol. The number of hydrogen-bond donors (Lipinski definition) is 2. The molecule has 0 aliphatic rings. The van der Waals surface area contributed by atoms with E-state index in [1.54, 1.807) is 0 Å². The lowest BCUT2D eigenvalue weighted by molar-refractivity contribution is 0.278. The smallest absolute Gasteiger partial charge is 0.191 e. The van der Waals surface area contributed by atoms with Gasteiger partial charge in [-0.15, -0.1) is 24.0 Å². The average molecular weight is 432 g/mol. The Morgan fingerprint density at radius 1 is 1.22 bits per heavy atom. The van der Waals surface area contributed by atoms with Crippen LogP contribution in [0.2, 0.25) is 0 Å². The Bertz CT molecular complexity index is 486. The molecule has 0 bridgehead atoms. The van der Waals surface area contributed by atoms with Crippen molar-refractivity contribution in [2.75, 3.05) is 26.7 Å². The number of aliphatic imine (C=N–C) groups is 1. The first-order valence-electron chi connectivity index (χ1n) is 8.22. The Morgan fingerprint density at radius 3 is 2.48 bits per heavy atom. The van der Waals surface area contributed by atoms with E-state index in [2.05, 4.69) is 75.4 Å². The number of halogens is 1. The van der Waals surface area contributed by atoms with Gasteiger partial charge in [0.25, 0.3) is 0 Å². The summed E-state index contributed by atoms with van der Waals surface area (Å²) in [5, 5.41) is 6.71. The molecule has 23 heavy (non-hydrogen) atoms. The first kappa shape index (κ1) is 22.2. The maximum atomic E-state index is 4.69. The van der Waals surface area contributed by atoms with Crippen LogP contribution < -0.4 is 10.6 Å². The maximum Gasteiger partial charge on any atom is 0.191 e. The van der Waals surface area contributed by atoms with Crippen LogP contribution in [-0.2, 0) is 6.54 Å². The van der Waals surface area contributed by atoms with Crippen LogP contribution in [0.4, 0.5) is 0 Å². The molecular formula is C18H33IN4. The number of hydrogen-bond acceptors (Lipinski definition) is 2. The minimum Gasteiger partial charge on any atom is -0.357 e. The van der Waals surface area contributed by atoms with Gasteiger partial charge in [-0.05, 0) is 52.8 Å². The Hall–Kier alpha value is -0.820. The number of nitrogens with one attached hydrogen (secondary N) is 2. The molecule has 4 nitrogen and oxygen atoms in total. The molecule has 1 aromatic rings. The standard InChI is InChI=1S/C18H32N4.HI/c1-7-19-18(20-10-11-22(6)14(2)3)21-13-17-9-8-15(4)12-16(17)5;/h8-9,12,14H,7,10-11,13H2,1-6H3,(H2,19,20,21);1H. The van der Waals surface area contributed by atoms with Crippen LogP contribution in [0.3, 0.4) is 0 Å². The summed E-state index contributed by atoms with van der Waals surface area (Å²) in [7, 11) is 2.14. The van der Waals surface area contributed by atoms with Gasteiger partial charge >= 0.3 is 0 Å². The van der Waals surface area contributed by atoms with E-state index in [1.807, 2.05) is 0 Å². The van der Waals surface area contributed by atoms with Gasteiger partial charge < -0.3 is 15.5 Å². The van der Waals surface area contributed by atoms with Gasteiger partial charge in [0, 0.05) is 25.7 Å². The summed E-state index contributed by atoms with van der Waals surface area (Å²) in [6.45, 7) is 14.3. The molecule has 0 amide bonds. The summed E-state index contributed by atoms with van der Waals surface area (Å²) in [5.41, 5.74) is 3.88. The van der Waals surface area contributed by atoms with Crippen molar-refractivity contribution in [2.45, 2.75) is 47.2 Å². The third-order valence-corrected chi connectivity index (χ3v) is 3.89. The van der Waals surface area contributed by atoms with Crippen molar-refractivity contribution in [3.63, 3.8) is 0 Å². The first-order chi connectivity index (χ1) is 10.4. The molecule has 0 aliphatic carbocycles. The summed E-state index contributed by atoms with van der Waals surface area (Å²) in [5.74, 6) is 0.889. The van der Waals surface area contributed by atoms with Gasteiger partial charge in [-0.1, -0.05) is 23.8 Å². The molecule has 5 heteroatoms. The molecule has 0 heterocycles. The van der Waals surface area contributed by atoms with Gasteiger partial charge in [-0.2, -0.15) is 0 Å². The second-order valence-electron chi connectivity index (χ2n) is 6.13. The van der Waals surface area contributed by atoms with Crippen molar-refractivity contribution in [1.29, 1.82) is 0 Å². The van der Waals surface area contributed by atoms with Gasteiger partial charge in [0.15, 0.2) is 5.96 Å². The zero-order valence-electron chi connectivity index (χ0n) is 15.4. The molecule has 0 unspecified atom stereocenters. The third kappa shape index (κ3) is 8.55. The summed E-state index contributed by atoms with van der Waals surface area (Å²) in [6, 6.07) is 7.10. The number of nitrogens with zero attached hydrogens (tertiary/aromatic N) is 2. The van der Waals surface area contributed by atoms with Crippen molar-refractivity contribution in [1.82, 2.24) is 15.5 Å². The molecule has 1 aromatic carbocycles. The Kier molecular flexibility index (Phi) is 11.3. The minimum absolute atomic E-state index is 0. The Morgan fingerprint density at radius 2 is 1.91 bits per heavy atom. The zero-order chi connectivity index (χ0) is 16.5. The zero-order valence-corrected chi connectivity index (χ0v) is 17.8. The maximum absolute atomic E-state index is 4.69. The van der Waals surface area contributed by atoms with Crippen molar-refractivity contribution in [3.05, 3.63) is 34.9 Å². The molecule has 0 saturated heterocycles. The fraction of sp³-hybridized carbons (Fsp3) is 0.611. The fourth-order valence-corrected chi connectivity index (χ4v) is 2.14. The van der Waals surface area contributed by atoms with Crippen LogP contribution in [0.1, 0.15) is 37.5 Å². The van der Waals surface area contributed by atoms with E-state index < -0.39 is 0 Å². The summed E-state index contributed by atoms with van der Waals surface area (Å²) >= 11 is 0. The van der Waals surface area contributed by atoms with Crippen molar-refractivity contribution < 1.29 is 0 Å². The van der Waals surface area contributed by atoms with E-state index in [-0.39, 0.29) is 24.0 Å². The lowest BCUT2D eigenvalue weighted by Crippen LogP contribution is -2.42. The summed E-state index contributed by atoms with van der Waals surface area (Å²) in [6.07, 6.45) is 0. The second kappa shape index (κ2) is 11.7. The summed E-state index contributed by atoms with van der Waals surface area (Å²) in [4.78, 5) is 7.01. The molecule has 0 saturated carbocycles. The molecule has 0 spiro atoms. The SMILES string of the molecule is CCNC(=NCc1ccc(C)cc1C)NCCN(C)C(C)C.I. The Labute approximate surface area is 159 Å². The van der Waals surface area contributed by atoms with Gasteiger partial charge in [-0.25, -0.2) is 4.99 Å². The molecule has 1 rings (SSSR count). The van der Waals surface area contributed by atoms with Crippen LogP contribution >= 0.6 is 24.0 Å². The van der Waals surface area contributed by atoms with Crippen LogP contribution in [0, 0.1) is 13.8 Å². The van der Waals surface area contributed by atoms with E-state index in [0.717, 1.165) is 25.6 Å². The van der Waals surface area contributed by atoms with Crippen LogP contribution in [0.25, 0.3) is 0 Å². The highest BCUT2D eigenvalue weighted by Crippen LogP contribution is 2.11. The lowest BCUT2D eigenvalue weighted by atomic mass is 10.1. The number of benzene rings is 1. The molecule has 0 aliphatic heterocycles. The Balaban J connectivity index is 0.00000484. The van der Waals surface area contributed by atoms with Gasteiger partial charge in [-0.3, -0.25) is 0 Å². The molecule has 132 valence electrons. The quantitative estimate of drug-likeness (QED) is 0.395. The predicted molar refractivity (Wildman–Crippen MR) is 112 cm³/mol. The molecule has 2 N–H and O–H groups in total. The van der Waals surface area contributed by atoms with Crippen molar-refractivity contribution in [3.8, 4) is 0 Å². The lowest BCUT2D eigenvalue weighted by Gasteiger charge is -2.21. The first-order valence-corrected chi connectivity index (χ1v) is 8.22. The predicted octanol–water partition coefficient (Wildman–Crippen LogP) is 3.32. The summed E-state index contributed by atoms with van der Waals surface area (Å²) < 4.78 is 0. The van der Waals surface area contributed by atoms with Crippen molar-refractivity contribution in [2.24, 2.45) is 4.99 Å². The van der Waals surface area contributed by atoms with Crippen LogP contribution in [0.15, 0.2) is 23.2 Å². The van der Waals surface area contributed by atoms with Gasteiger partial charge in [0.1, 0.15) is 0 Å². The largest absolute Gasteiger partial charge is 0.357 e. The van der Waals surface area contributed by atoms with Crippen LogP contribution in [0.5, 0.6) is 0 Å². The van der Waals surface area contributed by atoms with E-state index in [9.17, 15) is 0 Å². The number of guanidine groups is 1. The highest BCUT2D eigenvalue weighted by molar-refractivity contribution is 14.0. The second-order valence-corrected chi connectivity index (χ2v) is 6.13.